The van der Waals surface area contributed by atoms with Crippen LogP contribution in [0.4, 0.5) is 0 Å². The Morgan fingerprint density at radius 2 is 2.04 bits per heavy atom. The van der Waals surface area contributed by atoms with E-state index in [-0.39, 0.29) is 13.1 Å². The van der Waals surface area contributed by atoms with Crippen LogP contribution in [0.15, 0.2) is 50.0 Å². The van der Waals surface area contributed by atoms with Crippen molar-refractivity contribution < 1.29 is 18.7 Å². The molecule has 0 spiro atoms. The number of fused-ring (bicyclic) bond motifs is 1. The average molecular weight is 316 g/mol. The SMILES string of the molecule is Cc1ccc(C(O)CNC(=O)Cn2c(=O)oc3ccccc32)o1. The molecule has 1 unspecified atom stereocenters. The highest BCUT2D eigenvalue weighted by molar-refractivity contribution is 5.79. The second kappa shape index (κ2) is 6.13. The van der Waals surface area contributed by atoms with Crippen molar-refractivity contribution in [2.75, 3.05) is 6.54 Å². The molecule has 2 N–H and O–H groups in total. The maximum Gasteiger partial charge on any atom is 0.420 e. The van der Waals surface area contributed by atoms with Crippen molar-refractivity contribution in [3.63, 3.8) is 0 Å². The average Bonchev–Trinajstić information content (AvgIpc) is 3.09. The molecule has 0 saturated carbocycles. The van der Waals surface area contributed by atoms with Crippen LogP contribution in [0.5, 0.6) is 0 Å². The molecule has 0 aliphatic heterocycles. The minimum Gasteiger partial charge on any atom is -0.464 e. The maximum absolute atomic E-state index is 12.0. The van der Waals surface area contributed by atoms with E-state index in [0.717, 1.165) is 0 Å². The topological polar surface area (TPSA) is 97.6 Å². The zero-order valence-electron chi connectivity index (χ0n) is 12.5. The van der Waals surface area contributed by atoms with Gasteiger partial charge in [0.15, 0.2) is 5.58 Å². The molecule has 0 aliphatic rings. The summed E-state index contributed by atoms with van der Waals surface area (Å²) in [5.74, 6) is 0.0695. The van der Waals surface area contributed by atoms with Crippen molar-refractivity contribution in [1.29, 1.82) is 0 Å². The van der Waals surface area contributed by atoms with Gasteiger partial charge in [-0.3, -0.25) is 9.36 Å². The van der Waals surface area contributed by atoms with Crippen molar-refractivity contribution in [3.8, 4) is 0 Å². The predicted octanol–water partition coefficient (Wildman–Crippen LogP) is 1.35. The number of amides is 1. The molecule has 3 rings (SSSR count). The number of aliphatic hydroxyl groups excluding tert-OH is 1. The Hall–Kier alpha value is -2.80. The van der Waals surface area contributed by atoms with Gasteiger partial charge >= 0.3 is 5.76 Å². The van der Waals surface area contributed by atoms with Crippen LogP contribution >= 0.6 is 0 Å². The van der Waals surface area contributed by atoms with Crippen molar-refractivity contribution in [2.24, 2.45) is 0 Å². The molecule has 1 atom stereocenters. The molecule has 3 aromatic rings. The second-order valence-electron chi connectivity index (χ2n) is 5.19. The molecule has 0 aliphatic carbocycles. The van der Waals surface area contributed by atoms with E-state index in [1.54, 1.807) is 43.3 Å². The standard InChI is InChI=1S/C16H16N2O5/c1-10-6-7-14(22-10)12(19)8-17-15(20)9-18-11-4-2-3-5-13(11)23-16(18)21/h2-7,12,19H,8-9H2,1H3,(H,17,20). The van der Waals surface area contributed by atoms with Crippen molar-refractivity contribution in [1.82, 2.24) is 9.88 Å². The Morgan fingerprint density at radius 3 is 2.78 bits per heavy atom. The summed E-state index contributed by atoms with van der Waals surface area (Å²) in [5.41, 5.74) is 0.978. The number of para-hydroxylation sites is 2. The molecule has 7 heteroatoms. The number of benzene rings is 1. The van der Waals surface area contributed by atoms with Crippen LogP contribution in [0.2, 0.25) is 0 Å². The van der Waals surface area contributed by atoms with Gasteiger partial charge in [0.05, 0.1) is 12.1 Å². The number of carbonyl (C=O) groups is 1. The summed E-state index contributed by atoms with van der Waals surface area (Å²) < 4.78 is 11.6. The first-order valence-corrected chi connectivity index (χ1v) is 7.14. The van der Waals surface area contributed by atoms with E-state index >= 15 is 0 Å². The van der Waals surface area contributed by atoms with Gasteiger partial charge in [0.1, 0.15) is 24.2 Å². The second-order valence-corrected chi connectivity index (χ2v) is 5.19. The summed E-state index contributed by atoms with van der Waals surface area (Å²) in [4.78, 5) is 23.8. The number of furan rings is 1. The molecule has 0 saturated heterocycles. The molecule has 7 nitrogen and oxygen atoms in total. The molecule has 1 aromatic carbocycles. The fourth-order valence-corrected chi connectivity index (χ4v) is 2.31. The van der Waals surface area contributed by atoms with Crippen LogP contribution in [-0.2, 0) is 11.3 Å². The van der Waals surface area contributed by atoms with E-state index < -0.39 is 17.8 Å². The number of hydrogen-bond acceptors (Lipinski definition) is 5. The van der Waals surface area contributed by atoms with Gasteiger partial charge in [0.25, 0.3) is 0 Å². The molecule has 0 bridgehead atoms. The van der Waals surface area contributed by atoms with E-state index in [4.69, 9.17) is 8.83 Å². The third-order valence-electron chi connectivity index (χ3n) is 3.46. The van der Waals surface area contributed by atoms with Crippen molar-refractivity contribution >= 4 is 17.0 Å². The number of hydrogen-bond donors (Lipinski definition) is 2. The first-order valence-electron chi connectivity index (χ1n) is 7.14. The number of nitrogens with zero attached hydrogens (tertiary/aromatic N) is 1. The molecule has 0 fully saturated rings. The van der Waals surface area contributed by atoms with E-state index in [1.807, 2.05) is 0 Å². The quantitative estimate of drug-likeness (QED) is 0.740. The van der Waals surface area contributed by atoms with Crippen LogP contribution < -0.4 is 11.1 Å². The monoisotopic (exact) mass is 316 g/mol. The van der Waals surface area contributed by atoms with Gasteiger partial charge in [0.2, 0.25) is 5.91 Å². The third kappa shape index (κ3) is 3.19. The summed E-state index contributed by atoms with van der Waals surface area (Å²) in [6, 6.07) is 10.3. The summed E-state index contributed by atoms with van der Waals surface area (Å²) in [5, 5.41) is 12.5. The first kappa shape index (κ1) is 15.1. The van der Waals surface area contributed by atoms with Gasteiger partial charge in [-0.1, -0.05) is 12.1 Å². The summed E-state index contributed by atoms with van der Waals surface area (Å²) in [6.07, 6.45) is -0.939. The lowest BCUT2D eigenvalue weighted by atomic mass is 10.2. The number of rotatable bonds is 5. The molecule has 120 valence electrons. The van der Waals surface area contributed by atoms with Gasteiger partial charge < -0.3 is 19.3 Å². The Balaban J connectivity index is 1.65. The minimum absolute atomic E-state index is 0.00365. The van der Waals surface area contributed by atoms with E-state index in [1.165, 1.54) is 4.57 Å². The Bertz CT molecular complexity index is 889. The highest BCUT2D eigenvalue weighted by Gasteiger charge is 2.15. The lowest BCUT2D eigenvalue weighted by molar-refractivity contribution is -0.122. The summed E-state index contributed by atoms with van der Waals surface area (Å²) in [7, 11) is 0. The largest absolute Gasteiger partial charge is 0.464 e. The fourth-order valence-electron chi connectivity index (χ4n) is 2.31. The Kier molecular flexibility index (Phi) is 4.03. The van der Waals surface area contributed by atoms with E-state index in [0.29, 0.717) is 22.6 Å². The van der Waals surface area contributed by atoms with Crippen LogP contribution in [-0.4, -0.2) is 22.1 Å². The summed E-state index contributed by atoms with van der Waals surface area (Å²) >= 11 is 0. The van der Waals surface area contributed by atoms with E-state index in [9.17, 15) is 14.7 Å². The van der Waals surface area contributed by atoms with Gasteiger partial charge in [-0.25, -0.2) is 4.79 Å². The smallest absolute Gasteiger partial charge is 0.420 e. The molecule has 2 heterocycles. The Labute approximate surface area is 131 Å². The predicted molar refractivity (Wildman–Crippen MR) is 81.9 cm³/mol. The fraction of sp³-hybridized carbons (Fsp3) is 0.250. The molecule has 23 heavy (non-hydrogen) atoms. The minimum atomic E-state index is -0.939. The van der Waals surface area contributed by atoms with Crippen LogP contribution in [0.1, 0.15) is 17.6 Å². The van der Waals surface area contributed by atoms with Gasteiger partial charge in [0, 0.05) is 0 Å². The number of aryl methyl sites for hydroxylation is 1. The summed E-state index contributed by atoms with van der Waals surface area (Å²) in [6.45, 7) is 1.58. The first-order chi connectivity index (χ1) is 11.0. The molecule has 0 radical (unpaired) electrons. The lowest BCUT2D eigenvalue weighted by Gasteiger charge is -2.09. The zero-order chi connectivity index (χ0) is 16.4. The molecule has 2 aromatic heterocycles. The van der Waals surface area contributed by atoms with Gasteiger partial charge in [-0.05, 0) is 31.2 Å². The molecular weight excluding hydrogens is 300 g/mol. The lowest BCUT2D eigenvalue weighted by Crippen LogP contribution is -2.33. The third-order valence-corrected chi connectivity index (χ3v) is 3.46. The number of nitrogens with one attached hydrogen (secondary N) is 1. The highest BCUT2D eigenvalue weighted by Crippen LogP contribution is 2.15. The molecular formula is C16H16N2O5. The number of aliphatic hydroxyl groups is 1. The Morgan fingerprint density at radius 1 is 1.26 bits per heavy atom. The maximum atomic E-state index is 12.0. The van der Waals surface area contributed by atoms with Crippen LogP contribution in [0.25, 0.3) is 11.1 Å². The van der Waals surface area contributed by atoms with Gasteiger partial charge in [-0.15, -0.1) is 0 Å². The van der Waals surface area contributed by atoms with Crippen molar-refractivity contribution in [2.45, 2.75) is 19.6 Å². The normalized spacial score (nSPS) is 12.4. The molecule has 1 amide bonds. The van der Waals surface area contributed by atoms with Crippen LogP contribution in [0, 0.1) is 6.92 Å². The van der Waals surface area contributed by atoms with Crippen LogP contribution in [0.3, 0.4) is 0 Å². The van der Waals surface area contributed by atoms with E-state index in [2.05, 4.69) is 5.32 Å². The number of oxazole rings is 1. The van der Waals surface area contributed by atoms with Gasteiger partial charge in [-0.2, -0.15) is 0 Å². The highest BCUT2D eigenvalue weighted by atomic mass is 16.4. The number of carbonyl (C=O) groups excluding carboxylic acids is 1. The zero-order valence-corrected chi connectivity index (χ0v) is 12.5. The number of aromatic nitrogens is 1. The van der Waals surface area contributed by atoms with Crippen molar-refractivity contribution in [3.05, 3.63) is 58.5 Å².